The Balaban J connectivity index is 2.23. The lowest BCUT2D eigenvalue weighted by atomic mass is 10.2. The van der Waals surface area contributed by atoms with Gasteiger partial charge in [0.1, 0.15) is 0 Å². The number of hydrogen-bond acceptors (Lipinski definition) is 0. The molecule has 0 aliphatic carbocycles. The summed E-state index contributed by atoms with van der Waals surface area (Å²) in [5.74, 6) is 0. The topological polar surface area (TPSA) is 4.93 Å². The number of fused-ring (bicyclic) bond motifs is 3. The van der Waals surface area contributed by atoms with Crippen LogP contribution in [0.25, 0.3) is 27.5 Å². The van der Waals surface area contributed by atoms with Crippen molar-refractivity contribution in [2.24, 2.45) is 0 Å². The Bertz CT molecular complexity index is 1000. The number of aromatic nitrogens is 1. The monoisotopic (exact) mass is 477 g/mol. The highest BCUT2D eigenvalue weighted by atomic mass is 79.9. The second-order valence-corrected chi connectivity index (χ2v) is 7.65. The van der Waals surface area contributed by atoms with Gasteiger partial charge in [-0.05, 0) is 68.3 Å². The molecule has 0 spiro atoms. The zero-order valence-corrected chi connectivity index (χ0v) is 16.1. The highest BCUT2D eigenvalue weighted by Crippen LogP contribution is 2.39. The van der Waals surface area contributed by atoms with Crippen LogP contribution in [0.15, 0.2) is 74.1 Å². The summed E-state index contributed by atoms with van der Waals surface area (Å²) in [5.41, 5.74) is 3.53. The maximum Gasteiger partial charge on any atom is 0.0694 e. The van der Waals surface area contributed by atoms with Crippen molar-refractivity contribution in [1.82, 2.24) is 4.57 Å². The first-order valence-corrected chi connectivity index (χ1v) is 9.18. The molecular formula is C18H10Br3N. The lowest BCUT2D eigenvalue weighted by Gasteiger charge is -2.09. The minimum absolute atomic E-state index is 1.06. The van der Waals surface area contributed by atoms with Crippen LogP contribution in [0.3, 0.4) is 0 Å². The van der Waals surface area contributed by atoms with Crippen LogP contribution in [0.5, 0.6) is 0 Å². The molecule has 22 heavy (non-hydrogen) atoms. The summed E-state index contributed by atoms with van der Waals surface area (Å²) >= 11 is 10.9. The van der Waals surface area contributed by atoms with Gasteiger partial charge in [0.05, 0.1) is 15.5 Å². The van der Waals surface area contributed by atoms with E-state index in [1.54, 1.807) is 0 Å². The molecule has 0 aliphatic rings. The largest absolute Gasteiger partial charge is 0.308 e. The first-order valence-electron chi connectivity index (χ1n) is 6.80. The van der Waals surface area contributed by atoms with Gasteiger partial charge in [0.2, 0.25) is 0 Å². The highest BCUT2D eigenvalue weighted by Gasteiger charge is 2.15. The van der Waals surface area contributed by atoms with E-state index < -0.39 is 0 Å². The molecule has 0 saturated heterocycles. The van der Waals surface area contributed by atoms with E-state index in [0.717, 1.165) is 19.1 Å². The van der Waals surface area contributed by atoms with Gasteiger partial charge in [-0.2, -0.15) is 0 Å². The van der Waals surface area contributed by atoms with Gasteiger partial charge in [0.15, 0.2) is 0 Å². The molecule has 0 N–H and O–H groups in total. The molecule has 0 atom stereocenters. The Morgan fingerprint density at radius 2 is 1.41 bits per heavy atom. The summed E-state index contributed by atoms with van der Waals surface area (Å²) in [5, 5.41) is 2.50. The van der Waals surface area contributed by atoms with Crippen molar-refractivity contribution in [1.29, 1.82) is 0 Å². The number of nitrogens with zero attached hydrogens (tertiary/aromatic N) is 1. The maximum absolute atomic E-state index is 3.74. The van der Waals surface area contributed by atoms with E-state index in [4.69, 9.17) is 0 Å². The van der Waals surface area contributed by atoms with Gasteiger partial charge < -0.3 is 4.57 Å². The van der Waals surface area contributed by atoms with Crippen LogP contribution in [0.1, 0.15) is 0 Å². The van der Waals surface area contributed by atoms with Crippen LogP contribution in [-0.2, 0) is 0 Å². The normalized spacial score (nSPS) is 11.4. The third kappa shape index (κ3) is 2.16. The van der Waals surface area contributed by atoms with Gasteiger partial charge in [-0.1, -0.05) is 40.2 Å². The van der Waals surface area contributed by atoms with Crippen molar-refractivity contribution in [3.63, 3.8) is 0 Å². The van der Waals surface area contributed by atoms with Gasteiger partial charge in [0.25, 0.3) is 0 Å². The number of para-hydroxylation sites is 1. The first kappa shape index (κ1) is 14.5. The second-order valence-electron chi connectivity index (χ2n) is 5.09. The summed E-state index contributed by atoms with van der Waals surface area (Å²) < 4.78 is 5.51. The molecule has 0 aliphatic heterocycles. The lowest BCUT2D eigenvalue weighted by Crippen LogP contribution is -1.94. The molecule has 4 rings (SSSR count). The van der Waals surface area contributed by atoms with Gasteiger partial charge in [0, 0.05) is 25.4 Å². The van der Waals surface area contributed by atoms with Crippen LogP contribution >= 0.6 is 47.8 Å². The quantitative estimate of drug-likeness (QED) is 0.275. The van der Waals surface area contributed by atoms with Gasteiger partial charge in [-0.25, -0.2) is 0 Å². The van der Waals surface area contributed by atoms with E-state index >= 15 is 0 Å². The predicted molar refractivity (Wildman–Crippen MR) is 104 cm³/mol. The van der Waals surface area contributed by atoms with Crippen molar-refractivity contribution in [2.75, 3.05) is 0 Å². The van der Waals surface area contributed by atoms with Crippen LogP contribution in [-0.4, -0.2) is 4.57 Å². The second kappa shape index (κ2) is 5.52. The average molecular weight is 480 g/mol. The van der Waals surface area contributed by atoms with E-state index in [1.165, 1.54) is 21.8 Å². The van der Waals surface area contributed by atoms with Crippen LogP contribution in [0.4, 0.5) is 0 Å². The van der Waals surface area contributed by atoms with Crippen molar-refractivity contribution < 1.29 is 0 Å². The Hall–Kier alpha value is -1.10. The molecule has 4 heteroatoms. The van der Waals surface area contributed by atoms with E-state index in [2.05, 4.69) is 113 Å². The maximum atomic E-state index is 3.74. The van der Waals surface area contributed by atoms with Crippen LogP contribution in [0, 0.1) is 0 Å². The molecule has 1 heterocycles. The molecule has 3 aromatic carbocycles. The molecule has 0 saturated carbocycles. The molecule has 0 unspecified atom stereocenters. The molecule has 1 nitrogen and oxygen atoms in total. The molecule has 0 fully saturated rings. The summed E-state index contributed by atoms with van der Waals surface area (Å²) in [6.45, 7) is 0. The van der Waals surface area contributed by atoms with Crippen molar-refractivity contribution in [3.05, 3.63) is 74.1 Å². The van der Waals surface area contributed by atoms with Gasteiger partial charge in [-0.15, -0.1) is 0 Å². The molecule has 4 aromatic rings. The van der Waals surface area contributed by atoms with Gasteiger partial charge in [-0.3, -0.25) is 0 Å². The molecule has 108 valence electrons. The van der Waals surface area contributed by atoms with Crippen molar-refractivity contribution >= 4 is 69.6 Å². The number of halogens is 3. The van der Waals surface area contributed by atoms with E-state index in [-0.39, 0.29) is 0 Å². The Kier molecular flexibility index (Phi) is 3.63. The van der Waals surface area contributed by atoms with E-state index in [1.807, 2.05) is 0 Å². The fraction of sp³-hybridized carbons (Fsp3) is 0. The number of hydrogen-bond donors (Lipinski definition) is 0. The Labute approximate surface area is 153 Å². The standard InChI is InChI=1S/C18H10Br3N/c19-11-5-7-12(8-6-11)22-16-4-2-1-3-13(16)14-9-10-15(20)17(21)18(14)22/h1-10H. The predicted octanol–water partition coefficient (Wildman–Crippen LogP) is 7.07. The van der Waals surface area contributed by atoms with Crippen molar-refractivity contribution in [3.8, 4) is 5.69 Å². The van der Waals surface area contributed by atoms with Gasteiger partial charge >= 0.3 is 0 Å². The summed E-state index contributed by atoms with van der Waals surface area (Å²) in [7, 11) is 0. The summed E-state index contributed by atoms with van der Waals surface area (Å²) in [6.07, 6.45) is 0. The zero-order valence-electron chi connectivity index (χ0n) is 11.4. The molecule has 0 bridgehead atoms. The lowest BCUT2D eigenvalue weighted by molar-refractivity contribution is 1.17. The van der Waals surface area contributed by atoms with E-state index in [0.29, 0.717) is 0 Å². The fourth-order valence-corrected chi connectivity index (χ4v) is 3.96. The third-order valence-corrected chi connectivity index (χ3v) is 6.34. The average Bonchev–Trinajstić information content (AvgIpc) is 2.87. The Morgan fingerprint density at radius 1 is 0.682 bits per heavy atom. The number of rotatable bonds is 1. The molecule has 0 amide bonds. The third-order valence-electron chi connectivity index (χ3n) is 3.81. The SMILES string of the molecule is Brc1ccc(-n2c3ccccc3c3ccc(Br)c(Br)c32)cc1. The summed E-state index contributed by atoms with van der Waals surface area (Å²) in [6, 6.07) is 21.2. The van der Waals surface area contributed by atoms with Crippen LogP contribution in [0.2, 0.25) is 0 Å². The highest BCUT2D eigenvalue weighted by molar-refractivity contribution is 9.13. The fourth-order valence-electron chi connectivity index (χ4n) is 2.85. The molecule has 0 radical (unpaired) electrons. The summed E-state index contributed by atoms with van der Waals surface area (Å²) in [4.78, 5) is 0. The van der Waals surface area contributed by atoms with Crippen molar-refractivity contribution in [2.45, 2.75) is 0 Å². The molecule has 1 aromatic heterocycles. The smallest absolute Gasteiger partial charge is 0.0694 e. The first-order chi connectivity index (χ1) is 10.7. The minimum Gasteiger partial charge on any atom is -0.308 e. The molecular weight excluding hydrogens is 470 g/mol. The van der Waals surface area contributed by atoms with Crippen LogP contribution < -0.4 is 0 Å². The Morgan fingerprint density at radius 3 is 2.18 bits per heavy atom. The zero-order chi connectivity index (χ0) is 15.3. The minimum atomic E-state index is 1.06. The van der Waals surface area contributed by atoms with E-state index in [9.17, 15) is 0 Å². The number of benzene rings is 3.